The second kappa shape index (κ2) is 5.25. The average molecular weight is 298 g/mol. The van der Waals surface area contributed by atoms with Crippen molar-refractivity contribution in [3.05, 3.63) is 46.9 Å². The Morgan fingerprint density at radius 2 is 2.09 bits per heavy atom. The molecule has 22 heavy (non-hydrogen) atoms. The summed E-state index contributed by atoms with van der Waals surface area (Å²) in [5, 5.41) is 9.76. The molecule has 0 aromatic carbocycles. The van der Waals surface area contributed by atoms with E-state index in [0.717, 1.165) is 17.0 Å². The topological polar surface area (TPSA) is 88.0 Å². The number of hydrogen-bond donors (Lipinski definition) is 2. The summed E-state index contributed by atoms with van der Waals surface area (Å²) in [5.41, 5.74) is 3.11. The van der Waals surface area contributed by atoms with Crippen LogP contribution in [0, 0.1) is 20.8 Å². The molecule has 3 rings (SSSR count). The van der Waals surface area contributed by atoms with Crippen molar-refractivity contribution in [2.75, 3.05) is 0 Å². The molecule has 0 aliphatic rings. The summed E-state index contributed by atoms with van der Waals surface area (Å²) in [4.78, 5) is 21.3. The van der Waals surface area contributed by atoms with Gasteiger partial charge in [0, 0.05) is 6.20 Å². The number of aromatic amines is 1. The minimum Gasteiger partial charge on any atom is -0.341 e. The van der Waals surface area contributed by atoms with E-state index in [9.17, 15) is 4.79 Å². The third kappa shape index (κ3) is 2.45. The number of aromatic nitrogens is 5. The molecule has 0 bridgehead atoms. The Bertz CT molecular complexity index is 847. The maximum atomic E-state index is 12.6. The summed E-state index contributed by atoms with van der Waals surface area (Å²) >= 11 is 0. The third-order valence-electron chi connectivity index (χ3n) is 3.52. The predicted octanol–water partition coefficient (Wildman–Crippen LogP) is 1.87. The number of carbonyl (C=O) groups excluding carboxylic acids is 1. The molecule has 3 heterocycles. The molecule has 1 amide bonds. The van der Waals surface area contributed by atoms with Gasteiger partial charge in [-0.1, -0.05) is 0 Å². The van der Waals surface area contributed by atoms with E-state index in [1.165, 1.54) is 0 Å². The molecular formula is C15H18N6O. The van der Waals surface area contributed by atoms with Crippen molar-refractivity contribution in [2.24, 2.45) is 0 Å². The number of hydrogen-bond acceptors (Lipinski definition) is 4. The number of pyridine rings is 1. The highest BCUT2D eigenvalue weighted by atomic mass is 16.2. The minimum absolute atomic E-state index is 0.191. The van der Waals surface area contributed by atoms with Gasteiger partial charge in [0.25, 0.3) is 5.91 Å². The van der Waals surface area contributed by atoms with Gasteiger partial charge in [-0.15, -0.1) is 0 Å². The second-order valence-electron chi connectivity index (χ2n) is 5.45. The van der Waals surface area contributed by atoms with Crippen LogP contribution in [0.3, 0.4) is 0 Å². The van der Waals surface area contributed by atoms with Gasteiger partial charge in [0.1, 0.15) is 17.2 Å². The predicted molar refractivity (Wildman–Crippen MR) is 81.7 cm³/mol. The van der Waals surface area contributed by atoms with Crippen molar-refractivity contribution in [1.29, 1.82) is 0 Å². The van der Waals surface area contributed by atoms with E-state index in [0.29, 0.717) is 17.2 Å². The molecule has 0 unspecified atom stereocenters. The number of carbonyl (C=O) groups is 1. The first kappa shape index (κ1) is 14.2. The Morgan fingerprint density at radius 3 is 2.77 bits per heavy atom. The number of fused-ring (bicyclic) bond motifs is 1. The van der Waals surface area contributed by atoms with Crippen LogP contribution in [-0.2, 0) is 0 Å². The normalized spacial score (nSPS) is 12.5. The van der Waals surface area contributed by atoms with Crippen LogP contribution in [0.1, 0.15) is 46.4 Å². The van der Waals surface area contributed by atoms with Crippen LogP contribution in [0.15, 0.2) is 18.3 Å². The largest absolute Gasteiger partial charge is 0.341 e. The van der Waals surface area contributed by atoms with Gasteiger partial charge in [0.15, 0.2) is 5.82 Å². The van der Waals surface area contributed by atoms with E-state index in [1.807, 2.05) is 46.0 Å². The first-order valence-corrected chi connectivity index (χ1v) is 7.11. The molecule has 0 saturated carbocycles. The lowest BCUT2D eigenvalue weighted by Gasteiger charge is -2.11. The lowest BCUT2D eigenvalue weighted by atomic mass is 10.2. The van der Waals surface area contributed by atoms with Gasteiger partial charge in [0.05, 0.1) is 11.7 Å². The Hall–Kier alpha value is -2.70. The number of aryl methyl sites for hydroxylation is 3. The van der Waals surface area contributed by atoms with E-state index in [2.05, 4.69) is 25.5 Å². The monoisotopic (exact) mass is 298 g/mol. The number of amides is 1. The summed E-state index contributed by atoms with van der Waals surface area (Å²) in [6.45, 7) is 7.50. The highest BCUT2D eigenvalue weighted by Crippen LogP contribution is 2.15. The van der Waals surface area contributed by atoms with E-state index in [4.69, 9.17) is 0 Å². The smallest absolute Gasteiger partial charge is 0.270 e. The molecule has 1 atom stereocenters. The van der Waals surface area contributed by atoms with Crippen molar-refractivity contribution in [2.45, 2.75) is 33.7 Å². The zero-order valence-electron chi connectivity index (χ0n) is 13.0. The molecule has 0 fully saturated rings. The number of rotatable bonds is 3. The summed E-state index contributed by atoms with van der Waals surface area (Å²) in [6.07, 6.45) is 1.86. The zero-order valence-corrected chi connectivity index (χ0v) is 13.0. The molecule has 7 nitrogen and oxygen atoms in total. The van der Waals surface area contributed by atoms with Crippen molar-refractivity contribution >= 4 is 11.6 Å². The summed E-state index contributed by atoms with van der Waals surface area (Å²) in [5.74, 6) is 1.09. The van der Waals surface area contributed by atoms with Gasteiger partial charge in [-0.25, -0.2) is 9.97 Å². The number of imidazole rings is 1. The van der Waals surface area contributed by atoms with E-state index < -0.39 is 0 Å². The van der Waals surface area contributed by atoms with Crippen molar-refractivity contribution < 1.29 is 4.79 Å². The standard InChI is InChI=1S/C15H18N6O/c1-8-5-6-21-12(7-8)16-9(2)13(21)15(22)17-10(3)14-18-11(4)19-20-14/h5-7,10H,1-4H3,(H,17,22)(H,18,19,20)/t10-/m0/s1. The molecule has 0 aliphatic heterocycles. The highest BCUT2D eigenvalue weighted by Gasteiger charge is 2.20. The first-order chi connectivity index (χ1) is 10.5. The zero-order chi connectivity index (χ0) is 15.9. The van der Waals surface area contributed by atoms with Gasteiger partial charge in [-0.05, 0) is 45.4 Å². The maximum absolute atomic E-state index is 12.6. The van der Waals surface area contributed by atoms with Crippen LogP contribution in [0.4, 0.5) is 0 Å². The molecular weight excluding hydrogens is 280 g/mol. The lowest BCUT2D eigenvalue weighted by Crippen LogP contribution is -2.29. The molecule has 2 N–H and O–H groups in total. The van der Waals surface area contributed by atoms with Crippen LogP contribution in [0.25, 0.3) is 5.65 Å². The molecule has 0 aliphatic carbocycles. The Morgan fingerprint density at radius 1 is 1.32 bits per heavy atom. The fraction of sp³-hybridized carbons (Fsp3) is 0.333. The quantitative estimate of drug-likeness (QED) is 0.772. The average Bonchev–Trinajstić information content (AvgIpc) is 3.01. The fourth-order valence-corrected chi connectivity index (χ4v) is 2.42. The van der Waals surface area contributed by atoms with Crippen molar-refractivity contribution in [3.8, 4) is 0 Å². The Kier molecular flexibility index (Phi) is 3.40. The van der Waals surface area contributed by atoms with Gasteiger partial charge in [-0.3, -0.25) is 14.3 Å². The summed E-state index contributed by atoms with van der Waals surface area (Å²) in [7, 11) is 0. The van der Waals surface area contributed by atoms with Gasteiger partial charge in [-0.2, -0.15) is 5.10 Å². The SMILES string of the molecule is Cc1ccn2c(C(=O)N[C@@H](C)c3n[nH]c(C)n3)c(C)nc2c1. The number of nitrogens with zero attached hydrogens (tertiary/aromatic N) is 4. The molecule has 3 aromatic heterocycles. The second-order valence-corrected chi connectivity index (χ2v) is 5.45. The lowest BCUT2D eigenvalue weighted by molar-refractivity contribution is 0.0931. The van der Waals surface area contributed by atoms with E-state index >= 15 is 0 Å². The van der Waals surface area contributed by atoms with Crippen LogP contribution >= 0.6 is 0 Å². The van der Waals surface area contributed by atoms with Gasteiger partial charge >= 0.3 is 0 Å². The summed E-state index contributed by atoms with van der Waals surface area (Å²) < 4.78 is 1.80. The Balaban J connectivity index is 1.90. The van der Waals surface area contributed by atoms with E-state index in [-0.39, 0.29) is 11.9 Å². The molecule has 0 spiro atoms. The Labute approximate surface area is 127 Å². The maximum Gasteiger partial charge on any atom is 0.270 e. The van der Waals surface area contributed by atoms with E-state index in [1.54, 1.807) is 4.40 Å². The van der Waals surface area contributed by atoms with Crippen LogP contribution in [0.2, 0.25) is 0 Å². The molecule has 0 saturated heterocycles. The van der Waals surface area contributed by atoms with Crippen LogP contribution in [0.5, 0.6) is 0 Å². The molecule has 0 radical (unpaired) electrons. The van der Waals surface area contributed by atoms with Crippen molar-refractivity contribution in [3.63, 3.8) is 0 Å². The molecule has 7 heteroatoms. The van der Waals surface area contributed by atoms with Crippen LogP contribution in [-0.4, -0.2) is 30.5 Å². The van der Waals surface area contributed by atoms with Crippen molar-refractivity contribution in [1.82, 2.24) is 29.9 Å². The number of nitrogens with one attached hydrogen (secondary N) is 2. The minimum atomic E-state index is -0.284. The fourth-order valence-electron chi connectivity index (χ4n) is 2.42. The van der Waals surface area contributed by atoms with Gasteiger partial charge < -0.3 is 5.32 Å². The van der Waals surface area contributed by atoms with Gasteiger partial charge in [0.2, 0.25) is 0 Å². The number of H-pyrrole nitrogens is 1. The highest BCUT2D eigenvalue weighted by molar-refractivity contribution is 5.94. The third-order valence-corrected chi connectivity index (χ3v) is 3.52. The van der Waals surface area contributed by atoms with Crippen LogP contribution < -0.4 is 5.32 Å². The molecule has 114 valence electrons. The molecule has 3 aromatic rings. The summed E-state index contributed by atoms with van der Waals surface area (Å²) in [6, 6.07) is 3.62. The first-order valence-electron chi connectivity index (χ1n) is 7.11.